The Morgan fingerprint density at radius 3 is 2.88 bits per heavy atom. The van der Waals surface area contributed by atoms with Crippen LogP contribution in [0.4, 0.5) is 0 Å². The fourth-order valence-electron chi connectivity index (χ4n) is 1.84. The average molecular weight is 217 g/mol. The van der Waals surface area contributed by atoms with Crippen LogP contribution in [0.2, 0.25) is 0 Å². The molecular weight excluding hydrogens is 198 g/mol. The molecule has 0 aliphatic heterocycles. The SMILES string of the molecule is CNC(C)CCc1cc2cc(C)ccc2o1. The first-order valence-corrected chi connectivity index (χ1v) is 5.85. The van der Waals surface area contributed by atoms with Gasteiger partial charge in [-0.2, -0.15) is 0 Å². The van der Waals surface area contributed by atoms with Gasteiger partial charge in [0.2, 0.25) is 0 Å². The summed E-state index contributed by atoms with van der Waals surface area (Å²) in [5.74, 6) is 1.09. The van der Waals surface area contributed by atoms with E-state index in [-0.39, 0.29) is 0 Å². The third-order valence-corrected chi connectivity index (χ3v) is 3.04. The topological polar surface area (TPSA) is 25.2 Å². The van der Waals surface area contributed by atoms with Crippen LogP contribution < -0.4 is 5.32 Å². The molecule has 0 spiro atoms. The number of hydrogen-bond donors (Lipinski definition) is 1. The molecule has 2 heteroatoms. The average Bonchev–Trinajstić information content (AvgIpc) is 2.67. The van der Waals surface area contributed by atoms with E-state index in [0.29, 0.717) is 6.04 Å². The van der Waals surface area contributed by atoms with Crippen LogP contribution in [0, 0.1) is 6.92 Å². The second-order valence-electron chi connectivity index (χ2n) is 4.48. The Bertz CT molecular complexity index is 473. The van der Waals surface area contributed by atoms with Gasteiger partial charge in [-0.25, -0.2) is 0 Å². The fraction of sp³-hybridized carbons (Fsp3) is 0.429. The first-order chi connectivity index (χ1) is 7.69. The number of benzene rings is 1. The normalized spacial score (nSPS) is 13.2. The van der Waals surface area contributed by atoms with Crippen LogP contribution in [0.25, 0.3) is 11.0 Å². The molecule has 1 aromatic heterocycles. The van der Waals surface area contributed by atoms with E-state index in [1.165, 1.54) is 10.9 Å². The summed E-state index contributed by atoms with van der Waals surface area (Å²) in [5.41, 5.74) is 2.28. The second kappa shape index (κ2) is 4.71. The van der Waals surface area contributed by atoms with Gasteiger partial charge in [-0.3, -0.25) is 0 Å². The molecule has 2 nitrogen and oxygen atoms in total. The maximum atomic E-state index is 5.79. The number of nitrogens with one attached hydrogen (secondary N) is 1. The minimum atomic E-state index is 0.537. The van der Waals surface area contributed by atoms with Gasteiger partial charge in [0.05, 0.1) is 0 Å². The Hall–Kier alpha value is -1.28. The zero-order valence-corrected chi connectivity index (χ0v) is 10.2. The molecule has 0 aliphatic rings. The van der Waals surface area contributed by atoms with E-state index < -0.39 is 0 Å². The molecular formula is C14H19NO. The van der Waals surface area contributed by atoms with Crippen LogP contribution in [0.15, 0.2) is 28.7 Å². The van der Waals surface area contributed by atoms with Crippen LogP contribution in [0.5, 0.6) is 0 Å². The summed E-state index contributed by atoms with van der Waals surface area (Å²) in [4.78, 5) is 0. The number of hydrogen-bond acceptors (Lipinski definition) is 2. The Kier molecular flexibility index (Phi) is 3.30. The van der Waals surface area contributed by atoms with Crippen LogP contribution >= 0.6 is 0 Å². The van der Waals surface area contributed by atoms with Gasteiger partial charge in [0, 0.05) is 17.8 Å². The van der Waals surface area contributed by atoms with E-state index in [4.69, 9.17) is 4.42 Å². The lowest BCUT2D eigenvalue weighted by Gasteiger charge is -2.07. The second-order valence-corrected chi connectivity index (χ2v) is 4.48. The third kappa shape index (κ3) is 2.45. The zero-order chi connectivity index (χ0) is 11.5. The van der Waals surface area contributed by atoms with Crippen LogP contribution in [-0.2, 0) is 6.42 Å². The van der Waals surface area contributed by atoms with Crippen molar-refractivity contribution in [2.45, 2.75) is 32.7 Å². The van der Waals surface area contributed by atoms with Crippen molar-refractivity contribution in [1.29, 1.82) is 0 Å². The van der Waals surface area contributed by atoms with Gasteiger partial charge in [-0.05, 0) is 45.5 Å². The minimum absolute atomic E-state index is 0.537. The van der Waals surface area contributed by atoms with Crippen molar-refractivity contribution in [3.63, 3.8) is 0 Å². The molecule has 0 aliphatic carbocycles. The molecule has 1 atom stereocenters. The summed E-state index contributed by atoms with van der Waals surface area (Å²) in [6.07, 6.45) is 2.10. The molecule has 0 amide bonds. The molecule has 0 saturated carbocycles. The van der Waals surface area contributed by atoms with Crippen molar-refractivity contribution in [1.82, 2.24) is 5.32 Å². The maximum absolute atomic E-state index is 5.79. The first-order valence-electron chi connectivity index (χ1n) is 5.85. The fourth-order valence-corrected chi connectivity index (χ4v) is 1.84. The molecule has 1 heterocycles. The lowest BCUT2D eigenvalue weighted by Crippen LogP contribution is -2.21. The summed E-state index contributed by atoms with van der Waals surface area (Å²) in [6, 6.07) is 9.01. The summed E-state index contributed by atoms with van der Waals surface area (Å²) in [5, 5.41) is 4.45. The summed E-state index contributed by atoms with van der Waals surface area (Å²) >= 11 is 0. The van der Waals surface area contributed by atoms with Crippen LogP contribution in [0.3, 0.4) is 0 Å². The van der Waals surface area contributed by atoms with Gasteiger partial charge in [-0.1, -0.05) is 11.6 Å². The molecule has 2 aromatic rings. The Labute approximate surface area is 96.6 Å². The molecule has 2 rings (SSSR count). The van der Waals surface area contributed by atoms with E-state index in [1.807, 2.05) is 7.05 Å². The smallest absolute Gasteiger partial charge is 0.134 e. The number of fused-ring (bicyclic) bond motifs is 1. The number of aryl methyl sites for hydroxylation is 2. The van der Waals surface area contributed by atoms with E-state index in [1.54, 1.807) is 0 Å². The maximum Gasteiger partial charge on any atom is 0.134 e. The lowest BCUT2D eigenvalue weighted by molar-refractivity contribution is 0.497. The molecule has 16 heavy (non-hydrogen) atoms. The van der Waals surface area contributed by atoms with Crippen molar-refractivity contribution in [2.24, 2.45) is 0 Å². The molecule has 1 unspecified atom stereocenters. The highest BCUT2D eigenvalue weighted by molar-refractivity contribution is 5.78. The highest BCUT2D eigenvalue weighted by Gasteiger charge is 2.05. The lowest BCUT2D eigenvalue weighted by atomic mass is 10.1. The predicted octanol–water partition coefficient (Wildman–Crippen LogP) is 3.28. The summed E-state index contributed by atoms with van der Waals surface area (Å²) in [7, 11) is 1.99. The van der Waals surface area contributed by atoms with Gasteiger partial charge >= 0.3 is 0 Å². The van der Waals surface area contributed by atoms with Gasteiger partial charge in [0.15, 0.2) is 0 Å². The molecule has 0 fully saturated rings. The van der Waals surface area contributed by atoms with Gasteiger partial charge in [0.25, 0.3) is 0 Å². The van der Waals surface area contributed by atoms with Crippen LogP contribution in [-0.4, -0.2) is 13.1 Å². The van der Waals surface area contributed by atoms with Crippen molar-refractivity contribution in [3.05, 3.63) is 35.6 Å². The van der Waals surface area contributed by atoms with E-state index in [9.17, 15) is 0 Å². The molecule has 1 N–H and O–H groups in total. The Balaban J connectivity index is 2.13. The van der Waals surface area contributed by atoms with Crippen molar-refractivity contribution in [3.8, 4) is 0 Å². The van der Waals surface area contributed by atoms with Gasteiger partial charge in [0.1, 0.15) is 11.3 Å². The van der Waals surface area contributed by atoms with Crippen molar-refractivity contribution >= 4 is 11.0 Å². The van der Waals surface area contributed by atoms with Gasteiger partial charge in [-0.15, -0.1) is 0 Å². The summed E-state index contributed by atoms with van der Waals surface area (Å²) < 4.78 is 5.79. The monoisotopic (exact) mass is 217 g/mol. The minimum Gasteiger partial charge on any atom is -0.461 e. The van der Waals surface area contributed by atoms with Crippen molar-refractivity contribution in [2.75, 3.05) is 7.05 Å². The highest BCUT2D eigenvalue weighted by atomic mass is 16.3. The van der Waals surface area contributed by atoms with Crippen molar-refractivity contribution < 1.29 is 4.42 Å². The molecule has 0 radical (unpaired) electrons. The standard InChI is InChI=1S/C14H19NO/c1-10-4-7-14-12(8-10)9-13(16-14)6-5-11(2)15-3/h4,7-9,11,15H,5-6H2,1-3H3. The van der Waals surface area contributed by atoms with Gasteiger partial charge < -0.3 is 9.73 Å². The Morgan fingerprint density at radius 1 is 1.31 bits per heavy atom. The van der Waals surface area contributed by atoms with E-state index in [0.717, 1.165) is 24.2 Å². The third-order valence-electron chi connectivity index (χ3n) is 3.04. The number of rotatable bonds is 4. The quantitative estimate of drug-likeness (QED) is 0.850. The molecule has 0 saturated heterocycles. The Morgan fingerprint density at radius 2 is 2.12 bits per heavy atom. The highest BCUT2D eigenvalue weighted by Crippen LogP contribution is 2.21. The molecule has 1 aromatic carbocycles. The first kappa shape index (κ1) is 11.2. The van der Waals surface area contributed by atoms with Crippen LogP contribution in [0.1, 0.15) is 24.7 Å². The predicted molar refractivity (Wildman–Crippen MR) is 67.8 cm³/mol. The number of furan rings is 1. The molecule has 86 valence electrons. The van der Waals surface area contributed by atoms with E-state index >= 15 is 0 Å². The van der Waals surface area contributed by atoms with E-state index in [2.05, 4.69) is 43.4 Å². The largest absolute Gasteiger partial charge is 0.461 e. The summed E-state index contributed by atoms with van der Waals surface area (Å²) in [6.45, 7) is 4.29. The zero-order valence-electron chi connectivity index (χ0n) is 10.2. The molecule has 0 bridgehead atoms.